The van der Waals surface area contributed by atoms with E-state index in [9.17, 15) is 0 Å². The maximum atomic E-state index is 4.69. The Morgan fingerprint density at radius 2 is 1.95 bits per heavy atom. The van der Waals surface area contributed by atoms with E-state index in [0.717, 1.165) is 30.2 Å². The average Bonchev–Trinajstić information content (AvgIpc) is 2.87. The SMILES string of the molecule is CCc1ccc(-c2nc(CNCC(C)C)cs2)cc1. The van der Waals surface area contributed by atoms with Gasteiger partial charge >= 0.3 is 0 Å². The fourth-order valence-electron chi connectivity index (χ4n) is 1.89. The number of hydrogen-bond acceptors (Lipinski definition) is 3. The van der Waals surface area contributed by atoms with Crippen LogP contribution in [0.15, 0.2) is 29.6 Å². The van der Waals surface area contributed by atoms with Gasteiger partial charge in [0.1, 0.15) is 5.01 Å². The highest BCUT2D eigenvalue weighted by Gasteiger charge is 2.04. The van der Waals surface area contributed by atoms with Crippen molar-refractivity contribution in [3.05, 3.63) is 40.9 Å². The van der Waals surface area contributed by atoms with E-state index >= 15 is 0 Å². The van der Waals surface area contributed by atoms with Crippen LogP contribution in [0.3, 0.4) is 0 Å². The van der Waals surface area contributed by atoms with Gasteiger partial charge in [-0.1, -0.05) is 45.0 Å². The van der Waals surface area contributed by atoms with Crippen LogP contribution in [0, 0.1) is 5.92 Å². The van der Waals surface area contributed by atoms with Crippen molar-refractivity contribution in [1.82, 2.24) is 10.3 Å². The Morgan fingerprint density at radius 1 is 1.21 bits per heavy atom. The van der Waals surface area contributed by atoms with Crippen LogP contribution in [0.4, 0.5) is 0 Å². The molecule has 0 unspecified atom stereocenters. The molecule has 0 aliphatic rings. The predicted octanol–water partition coefficient (Wildman–Crippen LogP) is 4.12. The smallest absolute Gasteiger partial charge is 0.123 e. The quantitative estimate of drug-likeness (QED) is 0.857. The lowest BCUT2D eigenvalue weighted by atomic mass is 10.1. The predicted molar refractivity (Wildman–Crippen MR) is 83.5 cm³/mol. The molecule has 1 aromatic carbocycles. The van der Waals surface area contributed by atoms with Gasteiger partial charge in [0.05, 0.1) is 5.69 Å². The van der Waals surface area contributed by atoms with Crippen molar-refractivity contribution < 1.29 is 0 Å². The maximum absolute atomic E-state index is 4.69. The highest BCUT2D eigenvalue weighted by Crippen LogP contribution is 2.24. The molecule has 1 heterocycles. The number of benzene rings is 1. The van der Waals surface area contributed by atoms with Crippen LogP contribution >= 0.6 is 11.3 Å². The highest BCUT2D eigenvalue weighted by atomic mass is 32.1. The molecule has 1 aromatic heterocycles. The molecule has 0 fully saturated rings. The molecule has 0 saturated heterocycles. The Kier molecular flexibility index (Phi) is 5.11. The van der Waals surface area contributed by atoms with Crippen molar-refractivity contribution in [2.75, 3.05) is 6.54 Å². The normalized spacial score (nSPS) is 11.2. The van der Waals surface area contributed by atoms with Crippen molar-refractivity contribution in [1.29, 1.82) is 0 Å². The molecule has 2 aromatic rings. The summed E-state index contributed by atoms with van der Waals surface area (Å²) in [6.45, 7) is 8.51. The molecule has 0 aliphatic carbocycles. The van der Waals surface area contributed by atoms with Gasteiger partial charge < -0.3 is 5.32 Å². The summed E-state index contributed by atoms with van der Waals surface area (Å²) in [6.07, 6.45) is 1.09. The Balaban J connectivity index is 1.99. The van der Waals surface area contributed by atoms with E-state index in [1.165, 1.54) is 11.1 Å². The first kappa shape index (κ1) is 14.2. The third-order valence-corrected chi connectivity index (χ3v) is 3.96. The van der Waals surface area contributed by atoms with E-state index in [0.29, 0.717) is 5.92 Å². The van der Waals surface area contributed by atoms with Crippen molar-refractivity contribution in [2.45, 2.75) is 33.7 Å². The van der Waals surface area contributed by atoms with Crippen LogP contribution in [0.2, 0.25) is 0 Å². The van der Waals surface area contributed by atoms with Crippen molar-refractivity contribution in [2.24, 2.45) is 5.92 Å². The minimum atomic E-state index is 0.680. The minimum absolute atomic E-state index is 0.680. The van der Waals surface area contributed by atoms with Crippen LogP contribution in [0.25, 0.3) is 10.6 Å². The molecule has 0 radical (unpaired) electrons. The number of aryl methyl sites for hydroxylation is 1. The van der Waals surface area contributed by atoms with Gasteiger partial charge in [-0.3, -0.25) is 0 Å². The number of nitrogens with zero attached hydrogens (tertiary/aromatic N) is 1. The van der Waals surface area contributed by atoms with Crippen molar-refractivity contribution in [3.63, 3.8) is 0 Å². The molecular formula is C16H22N2S. The Hall–Kier alpha value is -1.19. The van der Waals surface area contributed by atoms with E-state index in [4.69, 9.17) is 0 Å². The lowest BCUT2D eigenvalue weighted by Gasteiger charge is -2.04. The second-order valence-corrected chi connectivity index (χ2v) is 6.08. The first-order chi connectivity index (χ1) is 9.19. The van der Waals surface area contributed by atoms with Gasteiger partial charge in [-0.2, -0.15) is 0 Å². The number of hydrogen-bond donors (Lipinski definition) is 1. The molecule has 0 amide bonds. The molecule has 2 rings (SSSR count). The van der Waals surface area contributed by atoms with Crippen molar-refractivity contribution in [3.8, 4) is 10.6 Å². The zero-order chi connectivity index (χ0) is 13.7. The van der Waals surface area contributed by atoms with Gasteiger partial charge in [-0.25, -0.2) is 4.98 Å². The summed E-state index contributed by atoms with van der Waals surface area (Å²) < 4.78 is 0. The summed E-state index contributed by atoms with van der Waals surface area (Å²) in [5.41, 5.74) is 3.73. The maximum Gasteiger partial charge on any atom is 0.123 e. The number of thiazole rings is 1. The zero-order valence-corrected chi connectivity index (χ0v) is 12.8. The monoisotopic (exact) mass is 274 g/mol. The van der Waals surface area contributed by atoms with Gasteiger partial charge in [-0.15, -0.1) is 11.3 Å². The molecule has 1 N–H and O–H groups in total. The molecule has 0 spiro atoms. The second kappa shape index (κ2) is 6.83. The first-order valence-electron chi connectivity index (χ1n) is 6.93. The summed E-state index contributed by atoms with van der Waals surface area (Å²) in [7, 11) is 0. The molecule has 19 heavy (non-hydrogen) atoms. The van der Waals surface area contributed by atoms with E-state index in [1.54, 1.807) is 11.3 Å². The second-order valence-electron chi connectivity index (χ2n) is 5.22. The lowest BCUT2D eigenvalue weighted by Crippen LogP contribution is -2.19. The Labute approximate surface area is 119 Å². The van der Waals surface area contributed by atoms with E-state index in [2.05, 4.69) is 60.7 Å². The number of nitrogens with one attached hydrogen (secondary N) is 1. The molecular weight excluding hydrogens is 252 g/mol. The topological polar surface area (TPSA) is 24.9 Å². The fourth-order valence-corrected chi connectivity index (χ4v) is 2.72. The van der Waals surface area contributed by atoms with Crippen LogP contribution in [0.1, 0.15) is 32.0 Å². The highest BCUT2D eigenvalue weighted by molar-refractivity contribution is 7.13. The van der Waals surface area contributed by atoms with E-state index in [-0.39, 0.29) is 0 Å². The van der Waals surface area contributed by atoms with Crippen LogP contribution in [0.5, 0.6) is 0 Å². The summed E-state index contributed by atoms with van der Waals surface area (Å²) in [5.74, 6) is 0.680. The van der Waals surface area contributed by atoms with Crippen LogP contribution in [-0.2, 0) is 13.0 Å². The molecule has 2 nitrogen and oxygen atoms in total. The minimum Gasteiger partial charge on any atom is -0.311 e. The van der Waals surface area contributed by atoms with Gasteiger partial charge in [0, 0.05) is 17.5 Å². The molecule has 0 bridgehead atoms. The lowest BCUT2D eigenvalue weighted by molar-refractivity contribution is 0.549. The van der Waals surface area contributed by atoms with E-state index < -0.39 is 0 Å². The van der Waals surface area contributed by atoms with Gasteiger partial charge in [0.25, 0.3) is 0 Å². The zero-order valence-electron chi connectivity index (χ0n) is 11.9. The largest absolute Gasteiger partial charge is 0.311 e. The molecule has 0 aliphatic heterocycles. The molecule has 3 heteroatoms. The van der Waals surface area contributed by atoms with E-state index in [1.807, 2.05) is 0 Å². The Morgan fingerprint density at radius 3 is 2.58 bits per heavy atom. The average molecular weight is 274 g/mol. The molecule has 0 saturated carbocycles. The first-order valence-corrected chi connectivity index (χ1v) is 7.81. The van der Waals surface area contributed by atoms with Gasteiger partial charge in [0.2, 0.25) is 0 Å². The van der Waals surface area contributed by atoms with Gasteiger partial charge in [0.15, 0.2) is 0 Å². The Bertz CT molecular complexity index is 500. The summed E-state index contributed by atoms with van der Waals surface area (Å²) in [4.78, 5) is 4.69. The number of rotatable bonds is 6. The van der Waals surface area contributed by atoms with Gasteiger partial charge in [-0.05, 0) is 24.4 Å². The molecule has 0 atom stereocenters. The standard InChI is InChI=1S/C16H22N2S/c1-4-13-5-7-14(8-6-13)16-18-15(11-19-16)10-17-9-12(2)3/h5-8,11-12,17H,4,9-10H2,1-3H3. The third kappa shape index (κ3) is 4.15. The van der Waals surface area contributed by atoms with Crippen LogP contribution < -0.4 is 5.32 Å². The van der Waals surface area contributed by atoms with Crippen LogP contribution in [-0.4, -0.2) is 11.5 Å². The summed E-state index contributed by atoms with van der Waals surface area (Å²) in [6, 6.07) is 8.72. The third-order valence-electron chi connectivity index (χ3n) is 3.02. The number of aromatic nitrogens is 1. The fraction of sp³-hybridized carbons (Fsp3) is 0.438. The van der Waals surface area contributed by atoms with Crippen molar-refractivity contribution >= 4 is 11.3 Å². The summed E-state index contributed by atoms with van der Waals surface area (Å²) in [5, 5.41) is 6.69. The molecule has 102 valence electrons. The summed E-state index contributed by atoms with van der Waals surface area (Å²) >= 11 is 1.72.